The molecule has 238 valence electrons. The first kappa shape index (κ1) is 31.8. The Hall–Kier alpha value is -3.15. The highest BCUT2D eigenvalue weighted by Crippen LogP contribution is 2.43. The quantitative estimate of drug-likeness (QED) is 0.201. The number of ether oxygens (including phenoxy) is 1. The van der Waals surface area contributed by atoms with Crippen LogP contribution in [-0.4, -0.2) is 55.2 Å². The van der Waals surface area contributed by atoms with Gasteiger partial charge in [-0.2, -0.15) is 0 Å². The molecule has 2 aliphatic heterocycles. The summed E-state index contributed by atoms with van der Waals surface area (Å²) in [5, 5.41) is 16.3. The van der Waals surface area contributed by atoms with Crippen LogP contribution in [0.15, 0.2) is 58.8 Å². The first-order valence-electron chi connectivity index (χ1n) is 15.1. The van der Waals surface area contributed by atoms with Crippen molar-refractivity contribution in [3.63, 3.8) is 0 Å². The van der Waals surface area contributed by atoms with Gasteiger partial charge in [0.25, 0.3) is 15.9 Å². The number of aryl methyl sites for hydroxylation is 3. The van der Waals surface area contributed by atoms with Gasteiger partial charge < -0.3 is 20.1 Å². The normalized spacial score (nSPS) is 21.0. The summed E-state index contributed by atoms with van der Waals surface area (Å²) in [5.41, 5.74) is 3.74. The number of rotatable bonds is 7. The number of para-hydroxylation sites is 1. The molecule has 3 unspecified atom stereocenters. The Labute approximate surface area is 273 Å². The summed E-state index contributed by atoms with van der Waals surface area (Å²) < 4.78 is 37.6. The number of anilines is 1. The van der Waals surface area contributed by atoms with Crippen molar-refractivity contribution in [3.8, 4) is 5.75 Å². The predicted molar refractivity (Wildman–Crippen MR) is 180 cm³/mol. The molecule has 45 heavy (non-hydrogen) atoms. The Bertz CT molecular complexity index is 1890. The van der Waals surface area contributed by atoms with Crippen LogP contribution < -0.4 is 14.8 Å². The number of aliphatic hydroxyl groups excluding tert-OH is 1. The van der Waals surface area contributed by atoms with Crippen LogP contribution >= 0.6 is 22.9 Å². The second-order valence-corrected chi connectivity index (χ2v) is 16.0. The lowest BCUT2D eigenvalue weighted by Gasteiger charge is -2.42. The fourth-order valence-electron chi connectivity index (χ4n) is 6.50. The lowest BCUT2D eigenvalue weighted by Crippen LogP contribution is -2.53. The van der Waals surface area contributed by atoms with Crippen LogP contribution in [0.2, 0.25) is 5.02 Å². The number of likely N-dealkylation sites (tertiary alicyclic amines) is 1. The van der Waals surface area contributed by atoms with Gasteiger partial charge in [0.1, 0.15) is 21.7 Å². The van der Waals surface area contributed by atoms with Gasteiger partial charge in [0, 0.05) is 45.7 Å². The highest BCUT2D eigenvalue weighted by Gasteiger charge is 2.45. The summed E-state index contributed by atoms with van der Waals surface area (Å²) >= 11 is 7.34. The van der Waals surface area contributed by atoms with E-state index in [9.17, 15) is 18.3 Å². The maximum atomic E-state index is 13.9. The van der Waals surface area contributed by atoms with Gasteiger partial charge in [-0.15, -0.1) is 11.3 Å². The fraction of sp³-hybridized carbons (Fsp3) is 0.382. The SMILES string of the molecule is Cc1cccc(C)c1NCC1CCCN1C(=O)c1ccc2c(c1)C(NS(=O)(=O)c1sc3ccc(Cl)cc3c1C)C(O)C(C)(C)O2. The molecular formula is C34H38ClN3O5S2. The zero-order valence-electron chi connectivity index (χ0n) is 26.0. The van der Waals surface area contributed by atoms with Crippen molar-refractivity contribution >= 4 is 54.6 Å². The lowest BCUT2D eigenvalue weighted by molar-refractivity contribution is -0.0603. The molecule has 0 saturated carbocycles. The van der Waals surface area contributed by atoms with Gasteiger partial charge in [-0.1, -0.05) is 29.8 Å². The second-order valence-electron chi connectivity index (χ2n) is 12.6. The molecule has 0 radical (unpaired) electrons. The monoisotopic (exact) mass is 667 g/mol. The third-order valence-corrected chi connectivity index (χ3v) is 12.6. The summed E-state index contributed by atoms with van der Waals surface area (Å²) in [5.74, 6) is 0.283. The van der Waals surface area contributed by atoms with Gasteiger partial charge in [-0.3, -0.25) is 4.79 Å². The summed E-state index contributed by atoms with van der Waals surface area (Å²) in [6.07, 6.45) is 0.552. The molecule has 3 N–H and O–H groups in total. The Kier molecular flexibility index (Phi) is 8.41. The summed E-state index contributed by atoms with van der Waals surface area (Å²) in [4.78, 5) is 15.8. The van der Waals surface area contributed by atoms with Crippen LogP contribution in [0.1, 0.15) is 65.3 Å². The molecule has 0 spiro atoms. The molecule has 1 amide bonds. The number of thiophene rings is 1. The first-order valence-corrected chi connectivity index (χ1v) is 17.8. The van der Waals surface area contributed by atoms with Crippen LogP contribution in [-0.2, 0) is 10.0 Å². The molecule has 1 fully saturated rings. The number of halogens is 1. The Morgan fingerprint density at radius 1 is 1.11 bits per heavy atom. The number of amides is 1. The lowest BCUT2D eigenvalue weighted by atomic mass is 9.86. The van der Waals surface area contributed by atoms with E-state index in [0.29, 0.717) is 40.6 Å². The van der Waals surface area contributed by atoms with Crippen molar-refractivity contribution < 1.29 is 23.1 Å². The van der Waals surface area contributed by atoms with Gasteiger partial charge in [0.2, 0.25) is 0 Å². The highest BCUT2D eigenvalue weighted by atomic mass is 35.5. The predicted octanol–water partition coefficient (Wildman–Crippen LogP) is 6.75. The van der Waals surface area contributed by atoms with Crippen LogP contribution in [0.4, 0.5) is 5.69 Å². The smallest absolute Gasteiger partial charge is 0.254 e. The molecule has 0 aliphatic carbocycles. The molecule has 6 rings (SSSR count). The largest absolute Gasteiger partial charge is 0.485 e. The number of benzene rings is 3. The molecule has 2 aliphatic rings. The number of nitrogens with one attached hydrogen (secondary N) is 2. The number of nitrogens with zero attached hydrogens (tertiary/aromatic N) is 1. The summed E-state index contributed by atoms with van der Waals surface area (Å²) in [7, 11) is -4.08. The minimum atomic E-state index is -4.08. The van der Waals surface area contributed by atoms with E-state index in [4.69, 9.17) is 16.3 Å². The zero-order valence-corrected chi connectivity index (χ0v) is 28.4. The van der Waals surface area contributed by atoms with Crippen molar-refractivity contribution in [3.05, 3.63) is 87.4 Å². The number of carbonyl (C=O) groups excluding carboxylic acids is 1. The minimum absolute atomic E-state index is 0.00653. The van der Waals surface area contributed by atoms with E-state index in [2.05, 4.69) is 36.0 Å². The summed E-state index contributed by atoms with van der Waals surface area (Å²) in [6.45, 7) is 10.6. The molecule has 3 atom stereocenters. The maximum Gasteiger partial charge on any atom is 0.254 e. The van der Waals surface area contributed by atoms with Gasteiger partial charge in [-0.25, -0.2) is 13.1 Å². The van der Waals surface area contributed by atoms with Crippen molar-refractivity contribution in [2.75, 3.05) is 18.4 Å². The number of hydrogen-bond acceptors (Lipinski definition) is 7. The Morgan fingerprint density at radius 2 is 1.84 bits per heavy atom. The zero-order chi connectivity index (χ0) is 32.3. The molecule has 1 saturated heterocycles. The molecule has 8 nitrogen and oxygen atoms in total. The fourth-order valence-corrected chi connectivity index (χ4v) is 9.66. The molecule has 0 bridgehead atoms. The second kappa shape index (κ2) is 11.9. The average Bonchev–Trinajstić information content (AvgIpc) is 3.59. The number of aliphatic hydroxyl groups is 1. The van der Waals surface area contributed by atoms with Crippen LogP contribution in [0.3, 0.4) is 0 Å². The molecule has 1 aromatic heterocycles. The van der Waals surface area contributed by atoms with Gasteiger partial charge >= 0.3 is 0 Å². The van der Waals surface area contributed by atoms with E-state index < -0.39 is 27.8 Å². The van der Waals surface area contributed by atoms with E-state index >= 15 is 0 Å². The van der Waals surface area contributed by atoms with Crippen molar-refractivity contribution in [2.45, 2.75) is 75.5 Å². The van der Waals surface area contributed by atoms with E-state index in [0.717, 1.165) is 51.1 Å². The third kappa shape index (κ3) is 5.94. The number of fused-ring (bicyclic) bond motifs is 2. The molecular weight excluding hydrogens is 630 g/mol. The van der Waals surface area contributed by atoms with E-state index in [-0.39, 0.29) is 16.2 Å². The first-order chi connectivity index (χ1) is 21.3. The molecule has 4 aromatic rings. The molecule has 3 aromatic carbocycles. The van der Waals surface area contributed by atoms with Crippen LogP contribution in [0.5, 0.6) is 5.75 Å². The Balaban J connectivity index is 1.29. The molecule has 3 heterocycles. The van der Waals surface area contributed by atoms with Crippen molar-refractivity contribution in [1.29, 1.82) is 0 Å². The number of carbonyl (C=O) groups is 1. The Morgan fingerprint density at radius 3 is 2.58 bits per heavy atom. The summed E-state index contributed by atoms with van der Waals surface area (Å²) in [6, 6.07) is 15.5. The van der Waals surface area contributed by atoms with Crippen LogP contribution in [0, 0.1) is 20.8 Å². The minimum Gasteiger partial charge on any atom is -0.485 e. The van der Waals surface area contributed by atoms with E-state index in [1.165, 1.54) is 0 Å². The van der Waals surface area contributed by atoms with E-state index in [1.807, 2.05) is 11.0 Å². The van der Waals surface area contributed by atoms with Gasteiger partial charge in [0.05, 0.1) is 6.04 Å². The number of hydrogen-bond donors (Lipinski definition) is 3. The van der Waals surface area contributed by atoms with Crippen molar-refractivity contribution in [1.82, 2.24) is 9.62 Å². The molecule has 11 heteroatoms. The highest BCUT2D eigenvalue weighted by molar-refractivity contribution is 7.91. The van der Waals surface area contributed by atoms with Crippen molar-refractivity contribution in [2.24, 2.45) is 0 Å². The third-order valence-electron chi connectivity index (χ3n) is 9.01. The standard InChI is InChI=1S/C34H38ClN3O5S2/c1-19-8-6-9-20(2)29(19)36-18-24-10-7-15-38(24)32(40)22-11-13-27-26(16-22)30(31(39)34(4,5)43-27)37-45(41,42)33-21(3)25-17-23(35)12-14-28(25)44-33/h6,8-9,11-14,16-17,24,30-31,36-37,39H,7,10,15,18H2,1-5H3. The van der Waals surface area contributed by atoms with Crippen LogP contribution in [0.25, 0.3) is 10.1 Å². The van der Waals surface area contributed by atoms with Gasteiger partial charge in [-0.05, 0) is 106 Å². The maximum absolute atomic E-state index is 13.9. The van der Waals surface area contributed by atoms with Gasteiger partial charge in [0.15, 0.2) is 0 Å². The van der Waals surface area contributed by atoms with E-state index in [1.54, 1.807) is 57.2 Å². The average molecular weight is 668 g/mol. The topological polar surface area (TPSA) is 108 Å². The number of sulfonamides is 1.